The molecular formula is C18H26N2O3S. The number of nitrogens with one attached hydrogen (secondary N) is 2. The fraction of sp³-hybridized carbons (Fsp3) is 0.611. The number of carbonyl (C=O) groups is 1. The second-order valence-corrected chi connectivity index (χ2v) is 9.70. The van der Waals surface area contributed by atoms with Gasteiger partial charge in [-0.2, -0.15) is 0 Å². The van der Waals surface area contributed by atoms with Gasteiger partial charge in [0, 0.05) is 18.7 Å². The molecular weight excluding hydrogens is 324 g/mol. The van der Waals surface area contributed by atoms with E-state index in [4.69, 9.17) is 0 Å². The van der Waals surface area contributed by atoms with Crippen molar-refractivity contribution in [3.05, 3.63) is 24.3 Å². The van der Waals surface area contributed by atoms with Gasteiger partial charge in [0.25, 0.3) is 0 Å². The number of benzene rings is 1. The Labute approximate surface area is 144 Å². The van der Waals surface area contributed by atoms with Gasteiger partial charge in [0.1, 0.15) is 0 Å². The van der Waals surface area contributed by atoms with Crippen LogP contribution in [0.2, 0.25) is 0 Å². The Kier molecular flexibility index (Phi) is 4.04. The number of fused-ring (bicyclic) bond motifs is 2. The van der Waals surface area contributed by atoms with E-state index in [0.717, 1.165) is 12.8 Å². The maximum absolute atomic E-state index is 12.8. The molecule has 2 aliphatic carbocycles. The van der Waals surface area contributed by atoms with Crippen LogP contribution in [-0.4, -0.2) is 20.4 Å². The van der Waals surface area contributed by atoms with Crippen molar-refractivity contribution < 1.29 is 13.2 Å². The van der Waals surface area contributed by atoms with Gasteiger partial charge in [-0.3, -0.25) is 4.79 Å². The summed E-state index contributed by atoms with van der Waals surface area (Å²) in [5.41, 5.74) is 0.755. The van der Waals surface area contributed by atoms with Crippen molar-refractivity contribution in [2.45, 2.75) is 57.9 Å². The summed E-state index contributed by atoms with van der Waals surface area (Å²) in [6.45, 7) is 8.17. The number of rotatable bonds is 4. The lowest BCUT2D eigenvalue weighted by molar-refractivity contribution is -0.114. The lowest BCUT2D eigenvalue weighted by Crippen LogP contribution is -2.46. The number of carbonyl (C=O) groups excluding carboxylic acids is 1. The highest BCUT2D eigenvalue weighted by Gasteiger charge is 2.61. The van der Waals surface area contributed by atoms with E-state index in [-0.39, 0.29) is 27.7 Å². The molecule has 0 spiro atoms. The molecule has 2 N–H and O–H groups in total. The minimum atomic E-state index is -3.56. The predicted molar refractivity (Wildman–Crippen MR) is 94.1 cm³/mol. The van der Waals surface area contributed by atoms with Gasteiger partial charge in [-0.05, 0) is 60.3 Å². The minimum absolute atomic E-state index is 0.000856. The zero-order valence-electron chi connectivity index (χ0n) is 14.7. The van der Waals surface area contributed by atoms with Crippen molar-refractivity contribution in [2.75, 3.05) is 5.32 Å². The monoisotopic (exact) mass is 350 g/mol. The maximum atomic E-state index is 12.8. The van der Waals surface area contributed by atoms with Crippen molar-refractivity contribution in [1.29, 1.82) is 0 Å². The molecule has 24 heavy (non-hydrogen) atoms. The van der Waals surface area contributed by atoms with Crippen LogP contribution < -0.4 is 10.0 Å². The number of hydrogen-bond acceptors (Lipinski definition) is 3. The molecule has 2 fully saturated rings. The van der Waals surface area contributed by atoms with E-state index in [0.29, 0.717) is 11.6 Å². The van der Waals surface area contributed by atoms with E-state index in [1.165, 1.54) is 25.5 Å². The Morgan fingerprint density at radius 3 is 2.25 bits per heavy atom. The van der Waals surface area contributed by atoms with E-state index in [9.17, 15) is 13.2 Å². The van der Waals surface area contributed by atoms with E-state index >= 15 is 0 Å². The van der Waals surface area contributed by atoms with Crippen LogP contribution in [0.5, 0.6) is 0 Å². The molecule has 0 aliphatic heterocycles. The number of hydrogen-bond donors (Lipinski definition) is 2. The van der Waals surface area contributed by atoms with Crippen LogP contribution in [0.25, 0.3) is 0 Å². The Morgan fingerprint density at radius 1 is 1.17 bits per heavy atom. The highest BCUT2D eigenvalue weighted by Crippen LogP contribution is 2.65. The largest absolute Gasteiger partial charge is 0.326 e. The first-order valence-electron chi connectivity index (χ1n) is 8.46. The van der Waals surface area contributed by atoms with Crippen LogP contribution >= 0.6 is 0 Å². The summed E-state index contributed by atoms with van der Waals surface area (Å²) in [7, 11) is -3.56. The number of anilines is 1. The van der Waals surface area contributed by atoms with Crippen LogP contribution in [0.4, 0.5) is 5.69 Å². The van der Waals surface area contributed by atoms with Gasteiger partial charge in [-0.1, -0.05) is 20.8 Å². The van der Waals surface area contributed by atoms with Gasteiger partial charge in [0.15, 0.2) is 0 Å². The van der Waals surface area contributed by atoms with Gasteiger partial charge in [0.2, 0.25) is 15.9 Å². The SMILES string of the molecule is CC(=O)Nc1ccc(S(=O)(=O)N[C@H]2C[C@@H]3CC[C@@]2(C)C3(C)C)cc1. The lowest BCUT2D eigenvalue weighted by Gasteiger charge is -2.39. The average Bonchev–Trinajstić information content (AvgIpc) is 2.80. The second kappa shape index (κ2) is 5.56. The third-order valence-corrected chi connectivity index (χ3v) is 8.06. The minimum Gasteiger partial charge on any atom is -0.326 e. The van der Waals surface area contributed by atoms with Crippen molar-refractivity contribution >= 4 is 21.6 Å². The summed E-state index contributed by atoms with van der Waals surface area (Å²) in [6, 6.07) is 6.28. The quantitative estimate of drug-likeness (QED) is 0.876. The Morgan fingerprint density at radius 2 is 1.79 bits per heavy atom. The predicted octanol–water partition coefficient (Wildman–Crippen LogP) is 3.14. The summed E-state index contributed by atoms with van der Waals surface area (Å²) in [5, 5.41) is 2.64. The molecule has 0 saturated heterocycles. The van der Waals surface area contributed by atoms with E-state index < -0.39 is 10.0 Å². The topological polar surface area (TPSA) is 75.3 Å². The molecule has 2 saturated carbocycles. The summed E-state index contributed by atoms with van der Waals surface area (Å²) in [4.78, 5) is 11.3. The zero-order valence-corrected chi connectivity index (χ0v) is 15.5. The maximum Gasteiger partial charge on any atom is 0.240 e. The molecule has 5 nitrogen and oxygen atoms in total. The molecule has 0 radical (unpaired) electrons. The van der Waals surface area contributed by atoms with Crippen LogP contribution in [0, 0.1) is 16.7 Å². The molecule has 1 aromatic rings. The highest BCUT2D eigenvalue weighted by atomic mass is 32.2. The highest BCUT2D eigenvalue weighted by molar-refractivity contribution is 7.89. The first-order valence-corrected chi connectivity index (χ1v) is 9.94. The summed E-state index contributed by atoms with van der Waals surface area (Å²) in [6.07, 6.45) is 3.17. The standard InChI is InChI=1S/C18H26N2O3S/c1-12(21)19-14-5-7-15(8-6-14)24(22,23)20-16-11-13-9-10-18(16,4)17(13,2)3/h5-8,13,16,20H,9-11H2,1-4H3,(H,19,21)/t13-,16-,18+/m0/s1. The molecule has 0 unspecified atom stereocenters. The lowest BCUT2D eigenvalue weighted by atomic mass is 9.69. The summed E-state index contributed by atoms with van der Waals surface area (Å²) in [5.74, 6) is 0.401. The Bertz CT molecular complexity index is 755. The summed E-state index contributed by atoms with van der Waals surface area (Å²) < 4.78 is 28.4. The van der Waals surface area contributed by atoms with Gasteiger partial charge < -0.3 is 5.32 Å². The molecule has 2 aliphatic rings. The molecule has 3 rings (SSSR count). The molecule has 2 bridgehead atoms. The Hall–Kier alpha value is -1.40. The first-order chi connectivity index (χ1) is 11.1. The smallest absolute Gasteiger partial charge is 0.240 e. The van der Waals surface area contributed by atoms with Gasteiger partial charge in [-0.15, -0.1) is 0 Å². The Balaban J connectivity index is 1.79. The van der Waals surface area contributed by atoms with E-state index in [1.807, 2.05) is 0 Å². The molecule has 0 heterocycles. The van der Waals surface area contributed by atoms with Gasteiger partial charge >= 0.3 is 0 Å². The zero-order chi connectivity index (χ0) is 17.8. The fourth-order valence-corrected chi connectivity index (χ4v) is 5.92. The molecule has 132 valence electrons. The fourth-order valence-electron chi connectivity index (χ4n) is 4.56. The normalized spacial score (nSPS) is 31.2. The van der Waals surface area contributed by atoms with Crippen LogP contribution in [0.15, 0.2) is 29.2 Å². The van der Waals surface area contributed by atoms with Crippen LogP contribution in [0.3, 0.4) is 0 Å². The van der Waals surface area contributed by atoms with Crippen molar-refractivity contribution in [2.24, 2.45) is 16.7 Å². The number of amides is 1. The third kappa shape index (κ3) is 2.65. The van der Waals surface area contributed by atoms with Crippen molar-refractivity contribution in [1.82, 2.24) is 4.72 Å². The van der Waals surface area contributed by atoms with Gasteiger partial charge in [0.05, 0.1) is 4.90 Å². The van der Waals surface area contributed by atoms with E-state index in [1.54, 1.807) is 12.1 Å². The summed E-state index contributed by atoms with van der Waals surface area (Å²) >= 11 is 0. The molecule has 0 aromatic heterocycles. The van der Waals surface area contributed by atoms with Crippen LogP contribution in [-0.2, 0) is 14.8 Å². The first kappa shape index (κ1) is 17.4. The second-order valence-electron chi connectivity index (χ2n) is 7.99. The molecule has 3 atom stereocenters. The molecule has 6 heteroatoms. The van der Waals surface area contributed by atoms with Crippen LogP contribution in [0.1, 0.15) is 47.0 Å². The van der Waals surface area contributed by atoms with Gasteiger partial charge in [-0.25, -0.2) is 13.1 Å². The third-order valence-electron chi connectivity index (χ3n) is 6.58. The van der Waals surface area contributed by atoms with E-state index in [2.05, 4.69) is 30.8 Å². The average molecular weight is 350 g/mol. The number of sulfonamides is 1. The molecule has 1 aromatic carbocycles. The molecule has 1 amide bonds. The van der Waals surface area contributed by atoms with Crippen molar-refractivity contribution in [3.63, 3.8) is 0 Å². The van der Waals surface area contributed by atoms with Crippen molar-refractivity contribution in [3.8, 4) is 0 Å².